The number of nitrogens with one attached hydrogen (secondary N) is 1. The van der Waals surface area contributed by atoms with Crippen molar-refractivity contribution in [3.63, 3.8) is 0 Å². The minimum atomic E-state index is 0. The molecule has 2 aliphatic carbocycles. The van der Waals surface area contributed by atoms with Crippen LogP contribution in [0.3, 0.4) is 0 Å². The fourth-order valence-electron chi connectivity index (χ4n) is 3.78. The average molecular weight is 377 g/mol. The number of halogens is 1. The Morgan fingerprint density at radius 3 is 2.68 bits per heavy atom. The topological polar surface area (TPSA) is 27.6 Å². The number of nitrogens with zero attached hydrogens (tertiary/aromatic N) is 2. The molecule has 3 nitrogen and oxygen atoms in total. The summed E-state index contributed by atoms with van der Waals surface area (Å²) in [6.45, 7) is 4.74. The van der Waals surface area contributed by atoms with Crippen LogP contribution in [0.15, 0.2) is 4.99 Å². The van der Waals surface area contributed by atoms with Crippen molar-refractivity contribution in [3.05, 3.63) is 0 Å². The van der Waals surface area contributed by atoms with Crippen molar-refractivity contribution in [2.45, 2.75) is 57.9 Å². The lowest BCUT2D eigenvalue weighted by Crippen LogP contribution is -2.43. The summed E-state index contributed by atoms with van der Waals surface area (Å²) in [7, 11) is 1.94. The molecule has 4 heteroatoms. The summed E-state index contributed by atoms with van der Waals surface area (Å²) in [5, 5.41) is 3.68. The molecule has 3 rings (SSSR count). The molecular formula is C15H28IN3. The highest BCUT2D eigenvalue weighted by Crippen LogP contribution is 2.48. The van der Waals surface area contributed by atoms with Crippen LogP contribution in [-0.2, 0) is 0 Å². The van der Waals surface area contributed by atoms with E-state index in [4.69, 9.17) is 0 Å². The Kier molecular flexibility index (Phi) is 5.01. The maximum atomic E-state index is 4.50. The predicted octanol–water partition coefficient (Wildman–Crippen LogP) is 3.24. The highest BCUT2D eigenvalue weighted by atomic mass is 127. The Hall–Kier alpha value is 0. The van der Waals surface area contributed by atoms with Gasteiger partial charge < -0.3 is 10.2 Å². The van der Waals surface area contributed by atoms with Crippen LogP contribution in [0.2, 0.25) is 0 Å². The van der Waals surface area contributed by atoms with Crippen molar-refractivity contribution in [1.29, 1.82) is 0 Å². The zero-order chi connectivity index (χ0) is 12.6. The smallest absolute Gasteiger partial charge is 0.193 e. The average Bonchev–Trinajstić information content (AvgIpc) is 2.90. The third kappa shape index (κ3) is 3.19. The molecule has 110 valence electrons. The van der Waals surface area contributed by atoms with Crippen LogP contribution in [0.1, 0.15) is 51.9 Å². The molecule has 2 saturated carbocycles. The Morgan fingerprint density at radius 1 is 1.37 bits per heavy atom. The van der Waals surface area contributed by atoms with Gasteiger partial charge in [-0.3, -0.25) is 4.99 Å². The lowest BCUT2D eigenvalue weighted by molar-refractivity contribution is 0.151. The third-order valence-corrected chi connectivity index (χ3v) is 5.26. The van der Waals surface area contributed by atoms with Gasteiger partial charge in [-0.05, 0) is 43.4 Å². The van der Waals surface area contributed by atoms with Crippen molar-refractivity contribution in [1.82, 2.24) is 10.2 Å². The second kappa shape index (κ2) is 6.19. The zero-order valence-electron chi connectivity index (χ0n) is 12.3. The fraction of sp³-hybridized carbons (Fsp3) is 0.933. The molecule has 19 heavy (non-hydrogen) atoms. The third-order valence-electron chi connectivity index (χ3n) is 5.26. The summed E-state index contributed by atoms with van der Waals surface area (Å²) in [6, 6.07) is 0.710. The summed E-state index contributed by atoms with van der Waals surface area (Å²) >= 11 is 0. The normalized spacial score (nSPS) is 31.9. The second-order valence-corrected chi connectivity index (χ2v) is 6.61. The maximum absolute atomic E-state index is 4.50. The lowest BCUT2D eigenvalue weighted by atomic mass is 9.68. The van der Waals surface area contributed by atoms with Gasteiger partial charge in [0.2, 0.25) is 0 Å². The summed E-state index contributed by atoms with van der Waals surface area (Å²) in [5.74, 6) is 2.08. The van der Waals surface area contributed by atoms with Crippen molar-refractivity contribution >= 4 is 29.9 Å². The highest BCUT2D eigenvalue weighted by molar-refractivity contribution is 14.0. The quantitative estimate of drug-likeness (QED) is 0.465. The molecule has 1 N–H and O–H groups in total. The fourth-order valence-corrected chi connectivity index (χ4v) is 3.78. The van der Waals surface area contributed by atoms with Gasteiger partial charge in [-0.2, -0.15) is 0 Å². The van der Waals surface area contributed by atoms with Crippen molar-refractivity contribution < 1.29 is 0 Å². The molecule has 3 fully saturated rings. The molecule has 2 atom stereocenters. The van der Waals surface area contributed by atoms with Gasteiger partial charge in [0.1, 0.15) is 0 Å². The van der Waals surface area contributed by atoms with Gasteiger partial charge in [-0.25, -0.2) is 0 Å². The van der Waals surface area contributed by atoms with Gasteiger partial charge in [0.15, 0.2) is 5.96 Å². The predicted molar refractivity (Wildman–Crippen MR) is 91.2 cm³/mol. The molecule has 1 aliphatic heterocycles. The van der Waals surface area contributed by atoms with E-state index in [2.05, 4.69) is 22.1 Å². The molecule has 0 bridgehead atoms. The van der Waals surface area contributed by atoms with Crippen LogP contribution in [0.25, 0.3) is 0 Å². The molecule has 0 aromatic heterocycles. The van der Waals surface area contributed by atoms with Crippen LogP contribution in [0.4, 0.5) is 0 Å². The van der Waals surface area contributed by atoms with Crippen molar-refractivity contribution in [2.24, 2.45) is 16.3 Å². The van der Waals surface area contributed by atoms with Crippen molar-refractivity contribution in [2.75, 3.05) is 20.1 Å². The number of aliphatic imine (C=N–C) groups is 1. The Balaban J connectivity index is 0.00000133. The van der Waals surface area contributed by atoms with E-state index in [9.17, 15) is 0 Å². The van der Waals surface area contributed by atoms with E-state index in [1.165, 1.54) is 64.0 Å². The Labute approximate surface area is 134 Å². The molecule has 0 aromatic carbocycles. The minimum Gasteiger partial charge on any atom is -0.353 e. The summed E-state index contributed by atoms with van der Waals surface area (Å²) in [5.41, 5.74) is 0.671. The van der Waals surface area contributed by atoms with E-state index in [1.807, 2.05) is 7.05 Å². The monoisotopic (exact) mass is 377 g/mol. The van der Waals surface area contributed by atoms with Gasteiger partial charge in [0, 0.05) is 26.2 Å². The summed E-state index contributed by atoms with van der Waals surface area (Å²) in [6.07, 6.45) is 9.77. The SMILES string of the molecule is CCCC1CC1NC(=NC)N1CCC2(CCC2)C1.I. The van der Waals surface area contributed by atoms with E-state index in [1.54, 1.807) is 0 Å². The van der Waals surface area contributed by atoms with Gasteiger partial charge in [0.05, 0.1) is 0 Å². The van der Waals surface area contributed by atoms with Crippen molar-refractivity contribution in [3.8, 4) is 0 Å². The second-order valence-electron chi connectivity index (χ2n) is 6.61. The van der Waals surface area contributed by atoms with Gasteiger partial charge in [0.25, 0.3) is 0 Å². The molecule has 1 saturated heterocycles. The number of hydrogen-bond acceptors (Lipinski definition) is 1. The molecule has 1 heterocycles. The molecule has 0 radical (unpaired) electrons. The highest BCUT2D eigenvalue weighted by Gasteiger charge is 2.44. The van der Waals surface area contributed by atoms with E-state index < -0.39 is 0 Å². The molecule has 1 spiro atoms. The van der Waals surface area contributed by atoms with E-state index >= 15 is 0 Å². The largest absolute Gasteiger partial charge is 0.353 e. The first-order valence-corrected chi connectivity index (χ1v) is 7.74. The minimum absolute atomic E-state index is 0. The van der Waals surface area contributed by atoms with Crippen LogP contribution in [0, 0.1) is 11.3 Å². The Morgan fingerprint density at radius 2 is 2.16 bits per heavy atom. The standard InChI is InChI=1S/C15H27N3.HI/c1-3-5-12-10-13(12)17-14(16-2)18-9-8-15(11-18)6-4-7-15;/h12-13H,3-11H2,1-2H3,(H,16,17);1H. The first-order valence-electron chi connectivity index (χ1n) is 7.74. The van der Waals surface area contributed by atoms with Crippen LogP contribution >= 0.6 is 24.0 Å². The summed E-state index contributed by atoms with van der Waals surface area (Å²) in [4.78, 5) is 7.00. The maximum Gasteiger partial charge on any atom is 0.193 e. The molecule has 0 amide bonds. The molecular weight excluding hydrogens is 349 g/mol. The molecule has 3 aliphatic rings. The van der Waals surface area contributed by atoms with Gasteiger partial charge in [-0.15, -0.1) is 24.0 Å². The van der Waals surface area contributed by atoms with E-state index in [-0.39, 0.29) is 24.0 Å². The first kappa shape index (κ1) is 15.4. The number of rotatable bonds is 3. The Bertz CT molecular complexity index is 338. The number of hydrogen-bond donors (Lipinski definition) is 1. The zero-order valence-corrected chi connectivity index (χ0v) is 14.7. The van der Waals surface area contributed by atoms with Gasteiger partial charge >= 0.3 is 0 Å². The number of guanidine groups is 1. The first-order chi connectivity index (χ1) is 8.76. The van der Waals surface area contributed by atoms with E-state index in [0.29, 0.717) is 11.5 Å². The van der Waals surface area contributed by atoms with Gasteiger partial charge in [-0.1, -0.05) is 19.8 Å². The molecule has 2 unspecified atom stereocenters. The van der Waals surface area contributed by atoms with Crippen LogP contribution < -0.4 is 5.32 Å². The van der Waals surface area contributed by atoms with Crippen LogP contribution in [-0.4, -0.2) is 37.0 Å². The summed E-state index contributed by atoms with van der Waals surface area (Å²) < 4.78 is 0. The molecule has 0 aromatic rings. The number of likely N-dealkylation sites (tertiary alicyclic amines) is 1. The van der Waals surface area contributed by atoms with E-state index in [0.717, 1.165) is 5.92 Å². The lowest BCUT2D eigenvalue weighted by Gasteiger charge is -2.38. The van der Waals surface area contributed by atoms with Crippen LogP contribution in [0.5, 0.6) is 0 Å².